The summed E-state index contributed by atoms with van der Waals surface area (Å²) < 4.78 is 15.0. The third kappa shape index (κ3) is 3.79. The van der Waals surface area contributed by atoms with E-state index >= 15 is 4.39 Å². The van der Waals surface area contributed by atoms with E-state index in [9.17, 15) is 0 Å². The zero-order valence-electron chi connectivity index (χ0n) is 15.5. The van der Waals surface area contributed by atoms with E-state index < -0.39 is 0 Å². The molecule has 0 radical (unpaired) electrons. The molecular formula is C26H18ClF. The van der Waals surface area contributed by atoms with Crippen molar-refractivity contribution in [3.8, 4) is 23.0 Å². The van der Waals surface area contributed by atoms with Crippen LogP contribution in [-0.4, -0.2) is 0 Å². The summed E-state index contributed by atoms with van der Waals surface area (Å²) >= 11 is 5.93. The lowest BCUT2D eigenvalue weighted by atomic mass is 9.99. The Bertz CT molecular complexity index is 1190. The van der Waals surface area contributed by atoms with Gasteiger partial charge in [-0.05, 0) is 59.3 Å². The van der Waals surface area contributed by atoms with Crippen LogP contribution in [0.3, 0.4) is 0 Å². The highest BCUT2D eigenvalue weighted by atomic mass is 35.5. The molecule has 0 saturated heterocycles. The van der Waals surface area contributed by atoms with Crippen molar-refractivity contribution in [2.45, 2.75) is 13.3 Å². The summed E-state index contributed by atoms with van der Waals surface area (Å²) in [6.45, 7) is 2.13. The Hall–Kier alpha value is -3.08. The number of halogens is 2. The van der Waals surface area contributed by atoms with Crippen LogP contribution in [0.5, 0.6) is 0 Å². The van der Waals surface area contributed by atoms with Crippen molar-refractivity contribution < 1.29 is 4.39 Å². The number of aryl methyl sites for hydroxylation is 1. The molecule has 0 aliphatic heterocycles. The molecule has 0 amide bonds. The van der Waals surface area contributed by atoms with E-state index in [4.69, 9.17) is 11.6 Å². The monoisotopic (exact) mass is 384 g/mol. The van der Waals surface area contributed by atoms with Gasteiger partial charge in [-0.3, -0.25) is 0 Å². The van der Waals surface area contributed by atoms with Crippen LogP contribution in [-0.2, 0) is 6.42 Å². The van der Waals surface area contributed by atoms with E-state index in [0.29, 0.717) is 16.0 Å². The van der Waals surface area contributed by atoms with Gasteiger partial charge in [-0.2, -0.15) is 0 Å². The maximum Gasteiger partial charge on any atom is 0.138 e. The maximum absolute atomic E-state index is 15.0. The van der Waals surface area contributed by atoms with Gasteiger partial charge in [-0.1, -0.05) is 72.8 Å². The first-order chi connectivity index (χ1) is 13.6. The van der Waals surface area contributed by atoms with Gasteiger partial charge < -0.3 is 0 Å². The summed E-state index contributed by atoms with van der Waals surface area (Å²) in [5.74, 6) is 6.13. The predicted octanol–water partition coefficient (Wildman–Crippen LogP) is 7.26. The predicted molar refractivity (Wildman–Crippen MR) is 116 cm³/mol. The van der Waals surface area contributed by atoms with Crippen molar-refractivity contribution in [2.24, 2.45) is 0 Å². The Morgan fingerprint density at radius 1 is 0.786 bits per heavy atom. The van der Waals surface area contributed by atoms with E-state index in [0.717, 1.165) is 28.5 Å². The van der Waals surface area contributed by atoms with Gasteiger partial charge >= 0.3 is 0 Å². The van der Waals surface area contributed by atoms with E-state index in [-0.39, 0.29) is 5.82 Å². The molecule has 0 fully saturated rings. The molecule has 0 N–H and O–H groups in total. The van der Waals surface area contributed by atoms with Gasteiger partial charge in [-0.25, -0.2) is 4.39 Å². The molecule has 0 aliphatic carbocycles. The minimum absolute atomic E-state index is 0.227. The molecule has 0 bridgehead atoms. The Morgan fingerprint density at radius 2 is 1.46 bits per heavy atom. The quantitative estimate of drug-likeness (QED) is 0.319. The smallest absolute Gasteiger partial charge is 0.138 e. The topological polar surface area (TPSA) is 0 Å². The highest BCUT2D eigenvalue weighted by molar-refractivity contribution is 6.30. The number of hydrogen-bond acceptors (Lipinski definition) is 0. The summed E-state index contributed by atoms with van der Waals surface area (Å²) in [6, 6.07) is 24.8. The highest BCUT2D eigenvalue weighted by Crippen LogP contribution is 2.30. The third-order valence-electron chi connectivity index (χ3n) is 4.82. The first kappa shape index (κ1) is 18.3. The maximum atomic E-state index is 15.0. The Labute approximate surface area is 169 Å². The van der Waals surface area contributed by atoms with Crippen molar-refractivity contribution in [3.05, 3.63) is 106 Å². The highest BCUT2D eigenvalue weighted by Gasteiger charge is 2.09. The molecule has 0 aliphatic rings. The molecule has 0 heterocycles. The van der Waals surface area contributed by atoms with Crippen molar-refractivity contribution in [1.29, 1.82) is 0 Å². The second-order valence-electron chi connectivity index (χ2n) is 6.67. The van der Waals surface area contributed by atoms with Crippen LogP contribution in [0.15, 0.2) is 78.9 Å². The van der Waals surface area contributed by atoms with Crippen LogP contribution in [0.1, 0.15) is 23.6 Å². The molecule has 28 heavy (non-hydrogen) atoms. The van der Waals surface area contributed by atoms with Crippen molar-refractivity contribution in [2.75, 3.05) is 0 Å². The molecule has 0 atom stereocenters. The van der Waals surface area contributed by atoms with Gasteiger partial charge in [0.25, 0.3) is 0 Å². The molecule has 0 saturated carbocycles. The van der Waals surface area contributed by atoms with Crippen LogP contribution in [0.2, 0.25) is 5.02 Å². The van der Waals surface area contributed by atoms with Crippen LogP contribution >= 0.6 is 11.6 Å². The van der Waals surface area contributed by atoms with Crippen molar-refractivity contribution in [1.82, 2.24) is 0 Å². The van der Waals surface area contributed by atoms with Crippen molar-refractivity contribution in [3.63, 3.8) is 0 Å². The third-order valence-corrected chi connectivity index (χ3v) is 5.07. The normalized spacial score (nSPS) is 10.5. The average Bonchev–Trinajstić information content (AvgIpc) is 2.74. The van der Waals surface area contributed by atoms with Crippen molar-refractivity contribution >= 4 is 22.4 Å². The minimum Gasteiger partial charge on any atom is -0.206 e. The lowest BCUT2D eigenvalue weighted by molar-refractivity contribution is 0.643. The zero-order valence-corrected chi connectivity index (χ0v) is 16.2. The molecule has 0 nitrogen and oxygen atoms in total. The molecule has 4 rings (SSSR count). The number of fused-ring (bicyclic) bond motifs is 1. The number of hydrogen-bond donors (Lipinski definition) is 0. The SMILES string of the molecule is CCc1ccc(C#Cc2ccc3c(F)c(-c4ccc(Cl)cc4)ccc3c2)cc1. The molecule has 136 valence electrons. The summed E-state index contributed by atoms with van der Waals surface area (Å²) in [5.41, 5.74) is 4.51. The van der Waals surface area contributed by atoms with Crippen LogP contribution in [0, 0.1) is 17.7 Å². The number of rotatable bonds is 2. The fraction of sp³-hybridized carbons (Fsp3) is 0.0769. The van der Waals surface area contributed by atoms with E-state index in [1.807, 2.05) is 48.5 Å². The zero-order chi connectivity index (χ0) is 19.5. The van der Waals surface area contributed by atoms with Gasteiger partial charge in [-0.15, -0.1) is 0 Å². The lowest BCUT2D eigenvalue weighted by Crippen LogP contribution is -1.88. The summed E-state index contributed by atoms with van der Waals surface area (Å²) in [6.07, 6.45) is 1.02. The molecule has 4 aromatic carbocycles. The van der Waals surface area contributed by atoms with E-state index in [1.165, 1.54) is 5.56 Å². The molecule has 4 aromatic rings. The average molecular weight is 385 g/mol. The second-order valence-corrected chi connectivity index (χ2v) is 7.11. The standard InChI is InChI=1S/C26H18ClF/c1-2-18-3-5-19(6-4-18)7-8-20-9-15-25-22(17-20)12-16-24(26(25)28)21-10-13-23(27)14-11-21/h3-6,9-17H,2H2,1H3. The first-order valence-corrected chi connectivity index (χ1v) is 9.61. The Kier molecular flexibility index (Phi) is 5.15. The lowest BCUT2D eigenvalue weighted by Gasteiger charge is -2.07. The van der Waals surface area contributed by atoms with Crippen LogP contribution in [0.4, 0.5) is 4.39 Å². The molecule has 0 unspecified atom stereocenters. The van der Waals surface area contributed by atoms with E-state index in [2.05, 4.69) is 30.9 Å². The van der Waals surface area contributed by atoms with Gasteiger partial charge in [0.1, 0.15) is 5.82 Å². The Morgan fingerprint density at radius 3 is 2.18 bits per heavy atom. The summed E-state index contributed by atoms with van der Waals surface area (Å²) in [4.78, 5) is 0. The summed E-state index contributed by atoms with van der Waals surface area (Å²) in [5, 5.41) is 2.06. The summed E-state index contributed by atoms with van der Waals surface area (Å²) in [7, 11) is 0. The van der Waals surface area contributed by atoms with Gasteiger partial charge in [0, 0.05) is 27.1 Å². The minimum atomic E-state index is -0.227. The van der Waals surface area contributed by atoms with Gasteiger partial charge in [0.2, 0.25) is 0 Å². The molecule has 2 heteroatoms. The fourth-order valence-electron chi connectivity index (χ4n) is 3.19. The van der Waals surface area contributed by atoms with Gasteiger partial charge in [0.15, 0.2) is 0 Å². The number of benzene rings is 4. The first-order valence-electron chi connectivity index (χ1n) is 9.23. The molecular weight excluding hydrogens is 367 g/mol. The van der Waals surface area contributed by atoms with Crippen LogP contribution < -0.4 is 0 Å². The van der Waals surface area contributed by atoms with Gasteiger partial charge in [0.05, 0.1) is 0 Å². The van der Waals surface area contributed by atoms with E-state index in [1.54, 1.807) is 18.2 Å². The molecule has 0 aromatic heterocycles. The molecule has 0 spiro atoms. The second kappa shape index (κ2) is 7.89. The van der Waals surface area contributed by atoms with Crippen LogP contribution in [0.25, 0.3) is 21.9 Å². The Balaban J connectivity index is 1.67. The largest absolute Gasteiger partial charge is 0.206 e. The fourth-order valence-corrected chi connectivity index (χ4v) is 3.32.